The third kappa shape index (κ3) is 2.98. The predicted octanol–water partition coefficient (Wildman–Crippen LogP) is 5.20. The number of anilines is 1. The van der Waals surface area contributed by atoms with Crippen LogP contribution < -0.4 is 5.32 Å². The van der Waals surface area contributed by atoms with Crippen LogP contribution in [0.5, 0.6) is 0 Å². The lowest BCUT2D eigenvalue weighted by Crippen LogP contribution is -2.06. The van der Waals surface area contributed by atoms with Gasteiger partial charge in [0.15, 0.2) is 0 Å². The molecule has 0 aliphatic rings. The minimum absolute atomic E-state index is 0.0252. The number of aromatic nitrogens is 1. The molecular weight excluding hydrogens is 287 g/mol. The zero-order valence-electron chi connectivity index (χ0n) is 11.5. The second-order valence-electron chi connectivity index (χ2n) is 4.95. The Balaban J connectivity index is 1.85. The number of nitrogens with zero attached hydrogens (tertiary/aromatic N) is 1. The van der Waals surface area contributed by atoms with Gasteiger partial charge in [0.2, 0.25) is 0 Å². The van der Waals surface area contributed by atoms with Crippen molar-refractivity contribution in [2.75, 3.05) is 5.32 Å². The van der Waals surface area contributed by atoms with Crippen molar-refractivity contribution in [1.29, 1.82) is 0 Å². The Bertz CT molecular complexity index is 789. The fourth-order valence-corrected chi connectivity index (χ4v) is 2.47. The van der Waals surface area contributed by atoms with E-state index in [9.17, 15) is 4.39 Å². The highest BCUT2D eigenvalue weighted by Gasteiger charge is 2.08. The number of nitrogens with one attached hydrogen (secondary N) is 1. The fraction of sp³-hybridized carbons (Fsp3) is 0.118. The second-order valence-corrected chi connectivity index (χ2v) is 5.36. The molecule has 0 saturated heterocycles. The minimum atomic E-state index is -0.399. The molecule has 2 aromatic carbocycles. The Morgan fingerprint density at radius 1 is 1.14 bits per heavy atom. The average Bonchev–Trinajstić information content (AvgIpc) is 2.50. The Labute approximate surface area is 127 Å². The van der Waals surface area contributed by atoms with Crippen LogP contribution in [-0.4, -0.2) is 4.98 Å². The lowest BCUT2D eigenvalue weighted by atomic mass is 10.1. The number of pyridine rings is 1. The first-order valence-electron chi connectivity index (χ1n) is 6.70. The topological polar surface area (TPSA) is 24.9 Å². The summed E-state index contributed by atoms with van der Waals surface area (Å²) in [6.07, 6.45) is 1.78. The number of hydrogen-bond acceptors (Lipinski definition) is 2. The normalized spacial score (nSPS) is 12.3. The summed E-state index contributed by atoms with van der Waals surface area (Å²) in [6.45, 7) is 2.01. The molecule has 2 nitrogen and oxygen atoms in total. The van der Waals surface area contributed by atoms with Crippen LogP contribution in [0.15, 0.2) is 54.7 Å². The van der Waals surface area contributed by atoms with Gasteiger partial charge in [0.05, 0.1) is 10.5 Å². The molecular formula is C17H14ClFN2. The molecule has 0 aliphatic heterocycles. The van der Waals surface area contributed by atoms with E-state index >= 15 is 0 Å². The molecule has 0 radical (unpaired) electrons. The van der Waals surface area contributed by atoms with Gasteiger partial charge in [-0.25, -0.2) is 4.39 Å². The molecule has 1 N–H and O–H groups in total. The van der Waals surface area contributed by atoms with Gasteiger partial charge in [-0.1, -0.05) is 23.7 Å². The molecule has 0 fully saturated rings. The highest BCUT2D eigenvalue weighted by molar-refractivity contribution is 6.30. The summed E-state index contributed by atoms with van der Waals surface area (Å²) in [7, 11) is 0. The quantitative estimate of drug-likeness (QED) is 0.719. The lowest BCUT2D eigenvalue weighted by Gasteiger charge is -2.16. The summed E-state index contributed by atoms with van der Waals surface area (Å²) in [5, 5.41) is 4.61. The second kappa shape index (κ2) is 5.70. The van der Waals surface area contributed by atoms with E-state index in [-0.39, 0.29) is 11.1 Å². The smallest absolute Gasteiger partial charge is 0.141 e. The highest BCUT2D eigenvalue weighted by atomic mass is 35.5. The van der Waals surface area contributed by atoms with Crippen LogP contribution in [-0.2, 0) is 0 Å². The summed E-state index contributed by atoms with van der Waals surface area (Å²) >= 11 is 5.83. The fourth-order valence-electron chi connectivity index (χ4n) is 2.28. The van der Waals surface area contributed by atoms with Crippen molar-refractivity contribution >= 4 is 28.2 Å². The molecule has 0 aliphatic carbocycles. The molecule has 3 rings (SSSR count). The van der Waals surface area contributed by atoms with Gasteiger partial charge in [-0.2, -0.15) is 0 Å². The maximum Gasteiger partial charge on any atom is 0.141 e. The first kappa shape index (κ1) is 13.8. The molecule has 1 heterocycles. The van der Waals surface area contributed by atoms with E-state index in [0.29, 0.717) is 0 Å². The van der Waals surface area contributed by atoms with Crippen LogP contribution in [0, 0.1) is 5.82 Å². The zero-order valence-corrected chi connectivity index (χ0v) is 12.2. The van der Waals surface area contributed by atoms with Crippen molar-refractivity contribution in [1.82, 2.24) is 4.98 Å². The standard InChI is InChI=1S/C17H14ClFN2/c1-11(12-4-6-16(19)15(18)10-12)21-14-5-7-17-13(9-14)3-2-8-20-17/h2-11,21H,1H3. The molecule has 1 aromatic heterocycles. The molecule has 1 unspecified atom stereocenters. The van der Waals surface area contributed by atoms with E-state index in [1.807, 2.05) is 37.3 Å². The first-order valence-corrected chi connectivity index (χ1v) is 7.07. The van der Waals surface area contributed by atoms with Gasteiger partial charge >= 0.3 is 0 Å². The van der Waals surface area contributed by atoms with Crippen LogP contribution in [0.2, 0.25) is 5.02 Å². The van der Waals surface area contributed by atoms with Crippen molar-refractivity contribution in [3.05, 3.63) is 71.1 Å². The van der Waals surface area contributed by atoms with E-state index in [2.05, 4.69) is 10.3 Å². The van der Waals surface area contributed by atoms with E-state index < -0.39 is 5.82 Å². The summed E-state index contributed by atoms with van der Waals surface area (Å²) in [6, 6.07) is 14.7. The van der Waals surface area contributed by atoms with Crippen molar-refractivity contribution in [3.8, 4) is 0 Å². The van der Waals surface area contributed by atoms with Crippen molar-refractivity contribution < 1.29 is 4.39 Å². The molecule has 21 heavy (non-hydrogen) atoms. The van der Waals surface area contributed by atoms with E-state index in [1.165, 1.54) is 6.07 Å². The van der Waals surface area contributed by atoms with Crippen molar-refractivity contribution in [2.45, 2.75) is 13.0 Å². The SMILES string of the molecule is CC(Nc1ccc2ncccc2c1)c1ccc(F)c(Cl)c1. The molecule has 0 saturated carbocycles. The zero-order chi connectivity index (χ0) is 14.8. The molecule has 0 spiro atoms. The summed E-state index contributed by atoms with van der Waals surface area (Å²) in [4.78, 5) is 4.29. The maximum absolute atomic E-state index is 13.2. The molecule has 4 heteroatoms. The number of hydrogen-bond donors (Lipinski definition) is 1. The average molecular weight is 301 g/mol. The summed E-state index contributed by atoms with van der Waals surface area (Å²) in [5.74, 6) is -0.399. The first-order chi connectivity index (χ1) is 10.1. The monoisotopic (exact) mass is 300 g/mol. The van der Waals surface area contributed by atoms with Crippen LogP contribution in [0.3, 0.4) is 0 Å². The predicted molar refractivity (Wildman–Crippen MR) is 85.2 cm³/mol. The summed E-state index contributed by atoms with van der Waals surface area (Å²) < 4.78 is 13.2. The van der Waals surface area contributed by atoms with Gasteiger partial charge < -0.3 is 5.32 Å². The molecule has 0 bridgehead atoms. The van der Waals surface area contributed by atoms with Gasteiger partial charge in [-0.05, 0) is 48.9 Å². The highest BCUT2D eigenvalue weighted by Crippen LogP contribution is 2.25. The van der Waals surface area contributed by atoms with E-state index in [0.717, 1.165) is 22.2 Å². The van der Waals surface area contributed by atoms with E-state index in [1.54, 1.807) is 18.3 Å². The van der Waals surface area contributed by atoms with Gasteiger partial charge in [0.25, 0.3) is 0 Å². The number of halogens is 2. The largest absolute Gasteiger partial charge is 0.379 e. The van der Waals surface area contributed by atoms with Crippen LogP contribution in [0.25, 0.3) is 10.9 Å². The van der Waals surface area contributed by atoms with Gasteiger partial charge in [-0.3, -0.25) is 4.98 Å². The van der Waals surface area contributed by atoms with Crippen molar-refractivity contribution in [3.63, 3.8) is 0 Å². The van der Waals surface area contributed by atoms with Gasteiger partial charge in [0.1, 0.15) is 5.82 Å². The van der Waals surface area contributed by atoms with Crippen LogP contribution in [0.1, 0.15) is 18.5 Å². The number of fused-ring (bicyclic) bond motifs is 1. The summed E-state index contributed by atoms with van der Waals surface area (Å²) in [5.41, 5.74) is 2.89. The minimum Gasteiger partial charge on any atom is -0.379 e. The lowest BCUT2D eigenvalue weighted by molar-refractivity contribution is 0.627. The van der Waals surface area contributed by atoms with Crippen LogP contribution >= 0.6 is 11.6 Å². The third-order valence-electron chi connectivity index (χ3n) is 3.43. The Morgan fingerprint density at radius 3 is 2.81 bits per heavy atom. The van der Waals surface area contributed by atoms with Crippen LogP contribution in [0.4, 0.5) is 10.1 Å². The van der Waals surface area contributed by atoms with Crippen molar-refractivity contribution in [2.24, 2.45) is 0 Å². The molecule has 106 valence electrons. The van der Waals surface area contributed by atoms with Gasteiger partial charge in [-0.15, -0.1) is 0 Å². The Hall–Kier alpha value is -2.13. The number of rotatable bonds is 3. The van der Waals surface area contributed by atoms with Gasteiger partial charge in [0, 0.05) is 23.3 Å². The number of benzene rings is 2. The third-order valence-corrected chi connectivity index (χ3v) is 3.72. The Morgan fingerprint density at radius 2 is 2.00 bits per heavy atom. The Kier molecular flexibility index (Phi) is 3.76. The molecule has 3 aromatic rings. The van der Waals surface area contributed by atoms with E-state index in [4.69, 9.17) is 11.6 Å². The maximum atomic E-state index is 13.2. The molecule has 1 atom stereocenters. The molecule has 0 amide bonds.